The van der Waals surface area contributed by atoms with E-state index in [1.54, 1.807) is 29.4 Å². The van der Waals surface area contributed by atoms with Gasteiger partial charge in [0.05, 0.1) is 54.7 Å². The molecule has 12 heteroatoms. The Labute approximate surface area is 226 Å². The molecule has 0 saturated heterocycles. The summed E-state index contributed by atoms with van der Waals surface area (Å²) in [4.78, 5) is 45.6. The van der Waals surface area contributed by atoms with Crippen LogP contribution in [0, 0.1) is 6.92 Å². The van der Waals surface area contributed by atoms with Gasteiger partial charge in [-0.25, -0.2) is 19.7 Å². The van der Waals surface area contributed by atoms with E-state index in [1.165, 1.54) is 0 Å². The monoisotopic (exact) mass is 533 g/mol. The van der Waals surface area contributed by atoms with Gasteiger partial charge in [-0.3, -0.25) is 14.7 Å². The van der Waals surface area contributed by atoms with Crippen LogP contribution in [0.25, 0.3) is 0 Å². The smallest absolute Gasteiger partial charge is 0.415 e. The van der Waals surface area contributed by atoms with Gasteiger partial charge < -0.3 is 24.8 Å². The summed E-state index contributed by atoms with van der Waals surface area (Å²) in [7, 11) is 0. The van der Waals surface area contributed by atoms with E-state index in [1.807, 2.05) is 33.9 Å². The Morgan fingerprint density at radius 3 is 2.67 bits per heavy atom. The number of hydrogen-bond donors (Lipinski definition) is 2. The van der Waals surface area contributed by atoms with Crippen LogP contribution >= 0.6 is 0 Å². The molecule has 39 heavy (non-hydrogen) atoms. The topological polar surface area (TPSA) is 143 Å². The van der Waals surface area contributed by atoms with E-state index in [-0.39, 0.29) is 6.42 Å². The highest BCUT2D eigenvalue weighted by Crippen LogP contribution is 2.39. The number of carbonyl (C=O) groups is 2. The summed E-state index contributed by atoms with van der Waals surface area (Å²) in [6, 6.07) is 3.41. The first-order valence-corrected chi connectivity index (χ1v) is 12.7. The fraction of sp³-hybridized carbons (Fsp3) is 0.407. The molecule has 2 aliphatic heterocycles. The fourth-order valence-electron chi connectivity index (χ4n) is 4.60. The number of rotatable bonds is 5. The molecule has 0 spiro atoms. The van der Waals surface area contributed by atoms with Crippen molar-refractivity contribution in [2.45, 2.75) is 52.7 Å². The normalized spacial score (nSPS) is 14.7. The van der Waals surface area contributed by atoms with Gasteiger partial charge in [-0.2, -0.15) is 0 Å². The van der Waals surface area contributed by atoms with Crippen molar-refractivity contribution < 1.29 is 24.2 Å². The third-order valence-electron chi connectivity index (χ3n) is 6.38. The lowest BCUT2D eigenvalue weighted by Gasteiger charge is -2.35. The number of amides is 1. The molecule has 3 aromatic heterocycles. The number of carboxylic acids is 1. The van der Waals surface area contributed by atoms with Crippen LogP contribution < -0.4 is 19.9 Å². The summed E-state index contributed by atoms with van der Waals surface area (Å²) in [5.74, 6) is -0.0871. The SMILES string of the molecule is Cc1c(N2CCc3cnc(Nc4ccc(CC(=O)O)nc4)nc3C2)cnc2c1N(C(=O)OC(C)(C)C)CCO2. The van der Waals surface area contributed by atoms with Crippen LogP contribution in [0.15, 0.2) is 30.7 Å². The molecule has 0 saturated carbocycles. The van der Waals surface area contributed by atoms with Crippen LogP contribution in [0.5, 0.6) is 5.88 Å². The number of hydrogen-bond acceptors (Lipinski definition) is 10. The number of anilines is 4. The third kappa shape index (κ3) is 5.84. The van der Waals surface area contributed by atoms with Gasteiger partial charge in [-0.05, 0) is 51.8 Å². The molecule has 0 aliphatic carbocycles. The second-order valence-electron chi connectivity index (χ2n) is 10.5. The molecule has 0 radical (unpaired) electrons. The summed E-state index contributed by atoms with van der Waals surface area (Å²) < 4.78 is 11.4. The van der Waals surface area contributed by atoms with Gasteiger partial charge in [0.2, 0.25) is 11.8 Å². The first-order chi connectivity index (χ1) is 18.6. The van der Waals surface area contributed by atoms with Gasteiger partial charge in [0.25, 0.3) is 0 Å². The number of aromatic nitrogens is 4. The molecule has 204 valence electrons. The molecule has 1 amide bonds. The molecule has 0 fully saturated rings. The summed E-state index contributed by atoms with van der Waals surface area (Å²) in [6.07, 6.45) is 5.36. The molecule has 12 nitrogen and oxygen atoms in total. The summed E-state index contributed by atoms with van der Waals surface area (Å²) in [5.41, 5.74) is 4.86. The van der Waals surface area contributed by atoms with Crippen molar-refractivity contribution in [3.63, 3.8) is 0 Å². The van der Waals surface area contributed by atoms with Crippen LogP contribution in [0.3, 0.4) is 0 Å². The fourth-order valence-corrected chi connectivity index (χ4v) is 4.60. The zero-order valence-corrected chi connectivity index (χ0v) is 22.4. The Hall–Kier alpha value is -4.48. The third-order valence-corrected chi connectivity index (χ3v) is 6.38. The maximum atomic E-state index is 13.0. The standard InChI is InChI=1S/C27H31N7O5/c1-16-21(14-29-24-23(16)34(9-10-38-24)26(37)39-27(2,3)4)33-8-7-17-12-30-25(32-20(17)15-33)31-19-6-5-18(28-13-19)11-22(35)36/h5-6,12-14H,7-11,15H2,1-4H3,(H,35,36)(H,30,31,32). The Balaban J connectivity index is 1.36. The molecule has 0 atom stereocenters. The summed E-state index contributed by atoms with van der Waals surface area (Å²) in [5, 5.41) is 12.1. The number of ether oxygens (including phenoxy) is 2. The van der Waals surface area contributed by atoms with E-state index in [9.17, 15) is 9.59 Å². The Morgan fingerprint density at radius 1 is 1.13 bits per heavy atom. The van der Waals surface area contributed by atoms with Crippen LogP contribution in [0.4, 0.5) is 27.8 Å². The van der Waals surface area contributed by atoms with Crippen molar-refractivity contribution >= 4 is 35.1 Å². The van der Waals surface area contributed by atoms with E-state index in [2.05, 4.69) is 25.2 Å². The first kappa shape index (κ1) is 26.1. The number of pyridine rings is 2. The average molecular weight is 534 g/mol. The Bertz CT molecular complexity index is 1400. The lowest BCUT2D eigenvalue weighted by atomic mass is 10.0. The van der Waals surface area contributed by atoms with Crippen LogP contribution in [-0.2, 0) is 28.9 Å². The number of fused-ring (bicyclic) bond motifs is 2. The Kier molecular flexibility index (Phi) is 6.94. The van der Waals surface area contributed by atoms with Crippen molar-refractivity contribution in [2.24, 2.45) is 0 Å². The van der Waals surface area contributed by atoms with E-state index in [0.717, 1.165) is 35.5 Å². The van der Waals surface area contributed by atoms with Crippen molar-refractivity contribution in [3.8, 4) is 5.88 Å². The largest absolute Gasteiger partial charge is 0.481 e. The van der Waals surface area contributed by atoms with Crippen LogP contribution in [-0.4, -0.2) is 62.4 Å². The molecule has 2 aliphatic rings. The number of aliphatic carboxylic acids is 1. The molecular formula is C27H31N7O5. The highest BCUT2D eigenvalue weighted by atomic mass is 16.6. The predicted octanol–water partition coefficient (Wildman–Crippen LogP) is 3.64. The summed E-state index contributed by atoms with van der Waals surface area (Å²) in [6.45, 7) is 9.50. The number of nitrogens with zero attached hydrogens (tertiary/aromatic N) is 6. The molecule has 0 aromatic carbocycles. The highest BCUT2D eigenvalue weighted by Gasteiger charge is 2.32. The lowest BCUT2D eigenvalue weighted by Crippen LogP contribution is -2.42. The zero-order valence-electron chi connectivity index (χ0n) is 22.4. The van der Waals surface area contributed by atoms with Gasteiger partial charge in [0.15, 0.2) is 0 Å². The van der Waals surface area contributed by atoms with Crippen molar-refractivity contribution in [3.05, 3.63) is 53.2 Å². The van der Waals surface area contributed by atoms with Crippen LogP contribution in [0.2, 0.25) is 0 Å². The molecule has 5 rings (SSSR count). The van der Waals surface area contributed by atoms with Gasteiger partial charge in [0.1, 0.15) is 17.9 Å². The molecule has 0 bridgehead atoms. The number of carbonyl (C=O) groups excluding carboxylic acids is 1. The number of carboxylic acid groups (broad SMARTS) is 1. The first-order valence-electron chi connectivity index (χ1n) is 12.7. The van der Waals surface area contributed by atoms with E-state index in [4.69, 9.17) is 19.6 Å². The maximum absolute atomic E-state index is 13.0. The minimum Gasteiger partial charge on any atom is -0.481 e. The quantitative estimate of drug-likeness (QED) is 0.496. The van der Waals surface area contributed by atoms with E-state index >= 15 is 0 Å². The minimum absolute atomic E-state index is 0.135. The van der Waals surface area contributed by atoms with Crippen molar-refractivity contribution in [1.29, 1.82) is 0 Å². The Morgan fingerprint density at radius 2 is 1.95 bits per heavy atom. The molecule has 2 N–H and O–H groups in total. The maximum Gasteiger partial charge on any atom is 0.415 e. The van der Waals surface area contributed by atoms with E-state index < -0.39 is 17.7 Å². The number of nitrogens with one attached hydrogen (secondary N) is 1. The average Bonchev–Trinajstić information content (AvgIpc) is 2.88. The second-order valence-corrected chi connectivity index (χ2v) is 10.5. The predicted molar refractivity (Wildman–Crippen MR) is 144 cm³/mol. The van der Waals surface area contributed by atoms with Gasteiger partial charge in [0, 0.05) is 18.3 Å². The van der Waals surface area contributed by atoms with Gasteiger partial charge in [-0.15, -0.1) is 0 Å². The van der Waals surface area contributed by atoms with Gasteiger partial charge >= 0.3 is 12.1 Å². The van der Waals surface area contributed by atoms with E-state index in [0.29, 0.717) is 48.6 Å². The molecule has 5 heterocycles. The summed E-state index contributed by atoms with van der Waals surface area (Å²) >= 11 is 0. The zero-order chi connectivity index (χ0) is 27.7. The van der Waals surface area contributed by atoms with Gasteiger partial charge in [-0.1, -0.05) is 0 Å². The molecular weight excluding hydrogens is 502 g/mol. The molecule has 3 aromatic rings. The minimum atomic E-state index is -0.930. The second kappa shape index (κ2) is 10.4. The molecule has 0 unspecified atom stereocenters. The lowest BCUT2D eigenvalue weighted by molar-refractivity contribution is -0.136. The van der Waals surface area contributed by atoms with Crippen LogP contribution in [0.1, 0.15) is 43.3 Å². The van der Waals surface area contributed by atoms with Crippen molar-refractivity contribution in [1.82, 2.24) is 19.9 Å². The van der Waals surface area contributed by atoms with Crippen molar-refractivity contribution in [2.75, 3.05) is 34.8 Å². The highest BCUT2D eigenvalue weighted by molar-refractivity contribution is 5.92.